The number of benzene rings is 1. The van der Waals surface area contributed by atoms with Gasteiger partial charge in [-0.05, 0) is 30.5 Å². The van der Waals surface area contributed by atoms with Crippen LogP contribution in [0, 0.1) is 6.92 Å². The minimum Gasteiger partial charge on any atom is -0.503 e. The van der Waals surface area contributed by atoms with Crippen molar-refractivity contribution in [2.45, 2.75) is 13.3 Å². The number of phenols is 1. The molecular weight excluding hydrogens is 264 g/mol. The first-order valence-electron chi connectivity index (χ1n) is 6.61. The fraction of sp³-hybridized carbons (Fsp3) is 0.571. The van der Waals surface area contributed by atoms with E-state index in [-0.39, 0.29) is 5.75 Å². The van der Waals surface area contributed by atoms with Gasteiger partial charge in [-0.3, -0.25) is 0 Å². The van der Waals surface area contributed by atoms with Gasteiger partial charge in [-0.1, -0.05) is 11.6 Å². The van der Waals surface area contributed by atoms with Gasteiger partial charge in [0, 0.05) is 32.7 Å². The number of piperazine rings is 1. The van der Waals surface area contributed by atoms with E-state index < -0.39 is 0 Å². The zero-order chi connectivity index (χ0) is 13.8. The van der Waals surface area contributed by atoms with Crippen molar-refractivity contribution < 1.29 is 9.84 Å². The van der Waals surface area contributed by atoms with Crippen LogP contribution in [0.3, 0.4) is 0 Å². The molecule has 2 N–H and O–H groups in total. The molecule has 1 aliphatic heterocycles. The van der Waals surface area contributed by atoms with Gasteiger partial charge in [0.1, 0.15) is 0 Å². The second-order valence-corrected chi connectivity index (χ2v) is 5.26. The summed E-state index contributed by atoms with van der Waals surface area (Å²) in [6.45, 7) is 7.19. The molecule has 0 saturated carbocycles. The van der Waals surface area contributed by atoms with Crippen molar-refractivity contribution in [2.24, 2.45) is 0 Å². The van der Waals surface area contributed by atoms with Crippen LogP contribution in [0.5, 0.6) is 11.5 Å². The summed E-state index contributed by atoms with van der Waals surface area (Å²) in [7, 11) is 1.53. The van der Waals surface area contributed by atoms with Crippen LogP contribution in [0.4, 0.5) is 0 Å². The van der Waals surface area contributed by atoms with Gasteiger partial charge in [-0.15, -0.1) is 0 Å². The van der Waals surface area contributed by atoms with Gasteiger partial charge in [0.2, 0.25) is 0 Å². The number of hydrogen-bond donors (Lipinski definition) is 2. The Hall–Kier alpha value is -0.970. The summed E-state index contributed by atoms with van der Waals surface area (Å²) in [6.07, 6.45) is 0.849. The van der Waals surface area contributed by atoms with E-state index in [1.165, 1.54) is 7.11 Å². The molecule has 19 heavy (non-hydrogen) atoms. The first-order chi connectivity index (χ1) is 9.13. The van der Waals surface area contributed by atoms with E-state index in [1.807, 2.05) is 13.0 Å². The summed E-state index contributed by atoms with van der Waals surface area (Å²) in [6, 6.07) is 1.84. The smallest absolute Gasteiger partial charge is 0.177 e. The Morgan fingerprint density at radius 3 is 2.74 bits per heavy atom. The quantitative estimate of drug-likeness (QED) is 0.885. The molecule has 4 nitrogen and oxygen atoms in total. The lowest BCUT2D eigenvalue weighted by Gasteiger charge is -2.27. The van der Waals surface area contributed by atoms with Gasteiger partial charge in [0.15, 0.2) is 11.5 Å². The molecule has 1 aromatic rings. The van der Waals surface area contributed by atoms with E-state index >= 15 is 0 Å². The Kier molecular flexibility index (Phi) is 4.91. The van der Waals surface area contributed by atoms with Crippen molar-refractivity contribution in [3.05, 3.63) is 22.2 Å². The van der Waals surface area contributed by atoms with Crippen LogP contribution < -0.4 is 10.1 Å². The normalized spacial score (nSPS) is 16.6. The van der Waals surface area contributed by atoms with Gasteiger partial charge in [0.05, 0.1) is 12.1 Å². The fourth-order valence-corrected chi connectivity index (χ4v) is 2.78. The molecule has 0 amide bonds. The highest BCUT2D eigenvalue weighted by atomic mass is 35.5. The Labute approximate surface area is 119 Å². The monoisotopic (exact) mass is 284 g/mol. The van der Waals surface area contributed by atoms with E-state index in [2.05, 4.69) is 10.2 Å². The molecule has 1 fully saturated rings. The third kappa shape index (κ3) is 3.32. The summed E-state index contributed by atoms with van der Waals surface area (Å²) < 4.78 is 5.10. The molecule has 0 radical (unpaired) electrons. The molecule has 2 rings (SSSR count). The van der Waals surface area contributed by atoms with Crippen molar-refractivity contribution in [3.8, 4) is 11.5 Å². The number of nitrogens with one attached hydrogen (secondary N) is 1. The van der Waals surface area contributed by atoms with Crippen LogP contribution in [0.2, 0.25) is 5.02 Å². The number of halogens is 1. The maximum atomic E-state index is 9.96. The molecule has 0 atom stereocenters. The molecule has 106 valence electrons. The summed E-state index contributed by atoms with van der Waals surface area (Å²) in [4.78, 5) is 2.41. The lowest BCUT2D eigenvalue weighted by atomic mass is 10.0. The number of ether oxygens (including phenoxy) is 1. The summed E-state index contributed by atoms with van der Waals surface area (Å²) in [5.41, 5.74) is 2.08. The maximum Gasteiger partial charge on any atom is 0.177 e. The molecule has 0 aliphatic carbocycles. The van der Waals surface area contributed by atoms with Crippen molar-refractivity contribution in [3.63, 3.8) is 0 Å². The largest absolute Gasteiger partial charge is 0.503 e. The van der Waals surface area contributed by atoms with E-state index in [0.717, 1.165) is 50.3 Å². The summed E-state index contributed by atoms with van der Waals surface area (Å²) >= 11 is 6.24. The average molecular weight is 285 g/mol. The molecule has 1 aromatic carbocycles. The van der Waals surface area contributed by atoms with Crippen LogP contribution in [-0.2, 0) is 6.42 Å². The number of aromatic hydroxyl groups is 1. The molecule has 0 aromatic heterocycles. The van der Waals surface area contributed by atoms with Crippen LogP contribution >= 0.6 is 11.6 Å². The number of methoxy groups -OCH3 is 1. The lowest BCUT2D eigenvalue weighted by molar-refractivity contribution is 0.243. The second kappa shape index (κ2) is 6.46. The minimum atomic E-state index is 0.0464. The van der Waals surface area contributed by atoms with Crippen molar-refractivity contribution in [1.29, 1.82) is 0 Å². The van der Waals surface area contributed by atoms with Crippen LogP contribution in [0.1, 0.15) is 11.1 Å². The van der Waals surface area contributed by atoms with Crippen LogP contribution in [0.25, 0.3) is 0 Å². The van der Waals surface area contributed by atoms with Gasteiger partial charge in [-0.25, -0.2) is 0 Å². The zero-order valence-corrected chi connectivity index (χ0v) is 12.3. The standard InChI is InChI=1S/C14H21ClN2O2/c1-10-9-12(19-2)14(18)13(15)11(10)3-6-17-7-4-16-5-8-17/h9,16,18H,3-8H2,1-2H3. The number of nitrogens with zero attached hydrogens (tertiary/aromatic N) is 1. The number of aryl methyl sites for hydroxylation is 1. The zero-order valence-electron chi connectivity index (χ0n) is 11.5. The number of phenolic OH excluding ortho intramolecular Hbond substituents is 1. The topological polar surface area (TPSA) is 44.7 Å². The Bertz CT molecular complexity index is 446. The van der Waals surface area contributed by atoms with Gasteiger partial charge in [0.25, 0.3) is 0 Å². The number of rotatable bonds is 4. The first kappa shape index (κ1) is 14.4. The van der Waals surface area contributed by atoms with Crippen LogP contribution in [0.15, 0.2) is 6.07 Å². The molecule has 0 bridgehead atoms. The third-order valence-corrected chi connectivity index (χ3v) is 4.04. The first-order valence-corrected chi connectivity index (χ1v) is 6.99. The Morgan fingerprint density at radius 2 is 2.11 bits per heavy atom. The van der Waals surface area contributed by atoms with E-state index in [9.17, 15) is 5.11 Å². The number of hydrogen-bond acceptors (Lipinski definition) is 4. The summed E-state index contributed by atoms with van der Waals surface area (Å²) in [5.74, 6) is 0.485. The third-order valence-electron chi connectivity index (χ3n) is 3.64. The van der Waals surface area contributed by atoms with Crippen molar-refractivity contribution >= 4 is 11.6 Å². The van der Waals surface area contributed by atoms with Gasteiger partial charge >= 0.3 is 0 Å². The molecular formula is C14H21ClN2O2. The van der Waals surface area contributed by atoms with E-state index in [4.69, 9.17) is 16.3 Å². The van der Waals surface area contributed by atoms with E-state index in [1.54, 1.807) is 0 Å². The highest BCUT2D eigenvalue weighted by Gasteiger charge is 2.16. The van der Waals surface area contributed by atoms with E-state index in [0.29, 0.717) is 10.8 Å². The molecule has 5 heteroatoms. The second-order valence-electron chi connectivity index (χ2n) is 4.88. The fourth-order valence-electron chi connectivity index (χ4n) is 2.44. The SMILES string of the molecule is COc1cc(C)c(CCN2CCNCC2)c(Cl)c1O. The van der Waals surface area contributed by atoms with Gasteiger partial charge < -0.3 is 20.1 Å². The molecule has 1 saturated heterocycles. The Morgan fingerprint density at radius 1 is 1.42 bits per heavy atom. The predicted octanol–water partition coefficient (Wildman–Crippen LogP) is 1.81. The highest BCUT2D eigenvalue weighted by Crippen LogP contribution is 2.38. The minimum absolute atomic E-state index is 0.0464. The van der Waals surface area contributed by atoms with Crippen molar-refractivity contribution in [2.75, 3.05) is 39.8 Å². The Balaban J connectivity index is 2.09. The molecule has 1 heterocycles. The van der Waals surface area contributed by atoms with Gasteiger partial charge in [-0.2, -0.15) is 0 Å². The van der Waals surface area contributed by atoms with Crippen LogP contribution in [-0.4, -0.2) is 49.8 Å². The molecule has 0 unspecified atom stereocenters. The predicted molar refractivity (Wildman–Crippen MR) is 77.4 cm³/mol. The highest BCUT2D eigenvalue weighted by molar-refractivity contribution is 6.33. The average Bonchev–Trinajstić information content (AvgIpc) is 2.44. The maximum absolute atomic E-state index is 9.96. The molecule has 0 spiro atoms. The summed E-state index contributed by atoms with van der Waals surface area (Å²) in [5, 5.41) is 13.7. The van der Waals surface area contributed by atoms with Crippen molar-refractivity contribution in [1.82, 2.24) is 10.2 Å². The molecule has 1 aliphatic rings. The lowest BCUT2D eigenvalue weighted by Crippen LogP contribution is -2.44.